The van der Waals surface area contributed by atoms with Crippen LogP contribution in [0.15, 0.2) is 18.2 Å². The van der Waals surface area contributed by atoms with E-state index >= 15 is 0 Å². The molecular weight excluding hydrogens is 237 g/mol. The van der Waals surface area contributed by atoms with Gasteiger partial charge in [-0.25, -0.2) is 4.39 Å². The van der Waals surface area contributed by atoms with E-state index in [0.29, 0.717) is 28.5 Å². The third-order valence-corrected chi connectivity index (χ3v) is 4.15. The number of nitrogens with one attached hydrogen (secondary N) is 1. The van der Waals surface area contributed by atoms with E-state index in [0.717, 1.165) is 6.54 Å². The maximum absolute atomic E-state index is 13.7. The fraction of sp³-hybridized carbons (Fsp3) is 0.571. The maximum Gasteiger partial charge on any atom is 0.127 e. The van der Waals surface area contributed by atoms with Crippen molar-refractivity contribution in [2.24, 2.45) is 5.41 Å². The van der Waals surface area contributed by atoms with Crippen molar-refractivity contribution in [3.8, 4) is 0 Å². The summed E-state index contributed by atoms with van der Waals surface area (Å²) in [7, 11) is 0. The van der Waals surface area contributed by atoms with Gasteiger partial charge in [0.25, 0.3) is 0 Å². The van der Waals surface area contributed by atoms with Crippen LogP contribution >= 0.6 is 11.6 Å². The van der Waals surface area contributed by atoms with Gasteiger partial charge in [0, 0.05) is 16.6 Å². The average Bonchev–Trinajstić information content (AvgIpc) is 3.02. The number of hydrogen-bond donors (Lipinski definition) is 1. The lowest BCUT2D eigenvalue weighted by molar-refractivity contribution is 0.357. The lowest BCUT2D eigenvalue weighted by Crippen LogP contribution is -2.38. The largest absolute Gasteiger partial charge is 0.313 e. The average molecular weight is 256 g/mol. The Kier molecular flexibility index (Phi) is 3.74. The van der Waals surface area contributed by atoms with E-state index in [9.17, 15) is 4.39 Å². The first kappa shape index (κ1) is 12.8. The number of likely N-dealkylation sites (N-methyl/N-ethyl adjacent to an activating group) is 1. The fourth-order valence-electron chi connectivity index (χ4n) is 2.29. The van der Waals surface area contributed by atoms with Crippen LogP contribution in [0.1, 0.15) is 32.3 Å². The van der Waals surface area contributed by atoms with Gasteiger partial charge in [-0.3, -0.25) is 0 Å². The van der Waals surface area contributed by atoms with Crippen LogP contribution in [0.3, 0.4) is 0 Å². The zero-order chi connectivity index (χ0) is 12.5. The minimum atomic E-state index is -0.190. The van der Waals surface area contributed by atoms with Crippen molar-refractivity contribution in [2.45, 2.75) is 39.2 Å². The van der Waals surface area contributed by atoms with Crippen LogP contribution in [0.4, 0.5) is 4.39 Å². The summed E-state index contributed by atoms with van der Waals surface area (Å²) in [6, 6.07) is 5.22. The summed E-state index contributed by atoms with van der Waals surface area (Å²) < 4.78 is 13.7. The third-order valence-electron chi connectivity index (χ3n) is 3.80. The zero-order valence-electron chi connectivity index (χ0n) is 10.4. The molecule has 0 aromatic heterocycles. The highest BCUT2D eigenvalue weighted by atomic mass is 35.5. The second-order valence-electron chi connectivity index (χ2n) is 5.17. The standard InChI is InChI=1S/C14H19ClFN/c1-3-17-13(14(2)7-8-14)9-10-11(15)5-4-6-12(10)16/h4-6,13,17H,3,7-9H2,1-2H3. The van der Waals surface area contributed by atoms with E-state index < -0.39 is 0 Å². The van der Waals surface area contributed by atoms with Crippen molar-refractivity contribution in [3.05, 3.63) is 34.6 Å². The number of hydrogen-bond acceptors (Lipinski definition) is 1. The summed E-state index contributed by atoms with van der Waals surface area (Å²) in [6.45, 7) is 5.25. The molecule has 3 heteroatoms. The first-order chi connectivity index (χ1) is 8.07. The lowest BCUT2D eigenvalue weighted by Gasteiger charge is -2.25. The van der Waals surface area contributed by atoms with Crippen LogP contribution in [-0.2, 0) is 6.42 Å². The van der Waals surface area contributed by atoms with Crippen LogP contribution < -0.4 is 5.32 Å². The van der Waals surface area contributed by atoms with Gasteiger partial charge in [-0.2, -0.15) is 0 Å². The molecule has 1 atom stereocenters. The highest BCUT2D eigenvalue weighted by Gasteiger charge is 2.44. The summed E-state index contributed by atoms with van der Waals surface area (Å²) in [5, 5.41) is 4.00. The van der Waals surface area contributed by atoms with Crippen molar-refractivity contribution < 1.29 is 4.39 Å². The van der Waals surface area contributed by atoms with Gasteiger partial charge >= 0.3 is 0 Å². The molecule has 1 nitrogen and oxygen atoms in total. The van der Waals surface area contributed by atoms with Crippen LogP contribution in [0.25, 0.3) is 0 Å². The SMILES string of the molecule is CCNC(Cc1c(F)cccc1Cl)C1(C)CC1. The van der Waals surface area contributed by atoms with Gasteiger partial charge < -0.3 is 5.32 Å². The van der Waals surface area contributed by atoms with Gasteiger partial charge in [0.05, 0.1) is 0 Å². The molecule has 0 heterocycles. The summed E-state index contributed by atoms with van der Waals surface area (Å²) in [5.41, 5.74) is 0.968. The second-order valence-corrected chi connectivity index (χ2v) is 5.58. The topological polar surface area (TPSA) is 12.0 Å². The number of halogens is 2. The van der Waals surface area contributed by atoms with Gasteiger partial charge in [0.15, 0.2) is 0 Å². The van der Waals surface area contributed by atoms with Gasteiger partial charge in [-0.1, -0.05) is 31.5 Å². The molecular formula is C14H19ClFN. The molecule has 94 valence electrons. The Balaban J connectivity index is 2.17. The van der Waals surface area contributed by atoms with Gasteiger partial charge in [-0.05, 0) is 43.4 Å². The van der Waals surface area contributed by atoms with Gasteiger partial charge in [0.2, 0.25) is 0 Å². The Labute approximate surface area is 107 Å². The Morgan fingerprint density at radius 3 is 2.71 bits per heavy atom. The second kappa shape index (κ2) is 4.95. The van der Waals surface area contributed by atoms with Crippen molar-refractivity contribution in [2.75, 3.05) is 6.54 Å². The number of benzene rings is 1. The Bertz CT molecular complexity index is 381. The van der Waals surface area contributed by atoms with Crippen molar-refractivity contribution in [3.63, 3.8) is 0 Å². The Hall–Kier alpha value is -0.600. The molecule has 2 rings (SSSR count). The molecule has 1 aromatic carbocycles. The van der Waals surface area contributed by atoms with Crippen LogP contribution in [-0.4, -0.2) is 12.6 Å². The number of rotatable bonds is 5. The minimum absolute atomic E-state index is 0.190. The predicted molar refractivity (Wildman–Crippen MR) is 69.9 cm³/mol. The summed E-state index contributed by atoms with van der Waals surface area (Å²) in [6.07, 6.45) is 3.11. The van der Waals surface area contributed by atoms with Crippen molar-refractivity contribution in [1.29, 1.82) is 0 Å². The molecule has 0 bridgehead atoms. The van der Waals surface area contributed by atoms with E-state index in [4.69, 9.17) is 11.6 Å². The Morgan fingerprint density at radius 1 is 1.47 bits per heavy atom. The first-order valence-electron chi connectivity index (χ1n) is 6.23. The quantitative estimate of drug-likeness (QED) is 0.844. The molecule has 1 aliphatic carbocycles. The molecule has 1 saturated carbocycles. The van der Waals surface area contributed by atoms with E-state index in [1.54, 1.807) is 12.1 Å². The highest BCUT2D eigenvalue weighted by Crippen LogP contribution is 2.49. The van der Waals surface area contributed by atoms with E-state index in [2.05, 4.69) is 19.2 Å². The predicted octanol–water partition coefficient (Wildman–Crippen LogP) is 3.80. The van der Waals surface area contributed by atoms with Gasteiger partial charge in [-0.15, -0.1) is 0 Å². The molecule has 1 N–H and O–H groups in total. The van der Waals surface area contributed by atoms with Crippen LogP contribution in [0.2, 0.25) is 5.02 Å². The highest BCUT2D eigenvalue weighted by molar-refractivity contribution is 6.31. The molecule has 0 aliphatic heterocycles. The molecule has 0 amide bonds. The summed E-state index contributed by atoms with van der Waals surface area (Å²) in [4.78, 5) is 0. The molecule has 0 radical (unpaired) electrons. The lowest BCUT2D eigenvalue weighted by atomic mass is 9.92. The fourth-order valence-corrected chi connectivity index (χ4v) is 2.53. The van der Waals surface area contributed by atoms with Crippen LogP contribution in [0.5, 0.6) is 0 Å². The Morgan fingerprint density at radius 2 is 2.18 bits per heavy atom. The van der Waals surface area contributed by atoms with E-state index in [-0.39, 0.29) is 5.82 Å². The first-order valence-corrected chi connectivity index (χ1v) is 6.61. The summed E-state index contributed by atoms with van der Waals surface area (Å²) >= 11 is 6.08. The molecule has 1 aromatic rings. The summed E-state index contributed by atoms with van der Waals surface area (Å²) in [5.74, 6) is -0.190. The van der Waals surface area contributed by atoms with Crippen molar-refractivity contribution in [1.82, 2.24) is 5.32 Å². The smallest absolute Gasteiger partial charge is 0.127 e. The molecule has 17 heavy (non-hydrogen) atoms. The third kappa shape index (κ3) is 2.80. The molecule has 1 fully saturated rings. The van der Waals surface area contributed by atoms with Crippen LogP contribution in [0, 0.1) is 11.2 Å². The molecule has 1 unspecified atom stereocenters. The normalized spacial score (nSPS) is 19.1. The minimum Gasteiger partial charge on any atom is -0.313 e. The molecule has 0 spiro atoms. The molecule has 1 aliphatic rings. The van der Waals surface area contributed by atoms with E-state index in [1.807, 2.05) is 0 Å². The monoisotopic (exact) mass is 255 g/mol. The zero-order valence-corrected chi connectivity index (χ0v) is 11.1. The van der Waals surface area contributed by atoms with E-state index in [1.165, 1.54) is 18.9 Å². The van der Waals surface area contributed by atoms with Gasteiger partial charge in [0.1, 0.15) is 5.82 Å². The molecule has 0 saturated heterocycles. The van der Waals surface area contributed by atoms with Crippen molar-refractivity contribution >= 4 is 11.6 Å². The maximum atomic E-state index is 13.7.